The van der Waals surface area contributed by atoms with Gasteiger partial charge in [0.1, 0.15) is 4.34 Å². The second-order valence-electron chi connectivity index (χ2n) is 5.29. The Morgan fingerprint density at radius 1 is 1.47 bits per heavy atom. The Bertz CT molecular complexity index is 473. The van der Waals surface area contributed by atoms with Crippen LogP contribution in [-0.2, 0) is 0 Å². The minimum absolute atomic E-state index is 0.00491. The molecule has 2 rings (SSSR count). The van der Waals surface area contributed by atoms with Crippen molar-refractivity contribution in [2.45, 2.75) is 31.8 Å². The summed E-state index contributed by atoms with van der Waals surface area (Å²) in [4.78, 5) is 14.3. The van der Waals surface area contributed by atoms with Gasteiger partial charge in [0.2, 0.25) is 0 Å². The lowest BCUT2D eigenvalue weighted by molar-refractivity contribution is 0.0444. The van der Waals surface area contributed by atoms with Crippen LogP contribution in [0.5, 0.6) is 0 Å². The van der Waals surface area contributed by atoms with Crippen molar-refractivity contribution in [1.82, 2.24) is 4.90 Å². The van der Waals surface area contributed by atoms with Gasteiger partial charge in [-0.1, -0.05) is 23.2 Å². The summed E-state index contributed by atoms with van der Waals surface area (Å²) in [6.07, 6.45) is 2.37. The Kier molecular flexibility index (Phi) is 4.90. The van der Waals surface area contributed by atoms with E-state index in [2.05, 4.69) is 4.90 Å². The van der Waals surface area contributed by atoms with Gasteiger partial charge in [-0.25, -0.2) is 0 Å². The summed E-state index contributed by atoms with van der Waals surface area (Å²) in [6.45, 7) is 3.75. The molecule has 1 aliphatic rings. The summed E-state index contributed by atoms with van der Waals surface area (Å²) in [5.74, 6) is -0.00491. The fourth-order valence-electron chi connectivity index (χ4n) is 2.30. The number of rotatable bonds is 3. The minimum Gasteiger partial charge on any atom is -0.390 e. The molecule has 1 unspecified atom stereocenters. The molecule has 0 radical (unpaired) electrons. The van der Waals surface area contributed by atoms with Crippen LogP contribution in [0.3, 0.4) is 0 Å². The van der Waals surface area contributed by atoms with Crippen molar-refractivity contribution in [1.29, 1.82) is 0 Å². The second-order valence-corrected chi connectivity index (χ2v) is 7.57. The lowest BCUT2D eigenvalue weighted by atomic mass is 9.98. The number of Topliss-reactive ketones (excluding diaryl/α,β-unsaturated/α-hetero) is 1. The van der Waals surface area contributed by atoms with Crippen LogP contribution in [-0.4, -0.2) is 41.0 Å². The third kappa shape index (κ3) is 4.17. The zero-order chi connectivity index (χ0) is 14.0. The topological polar surface area (TPSA) is 40.5 Å². The first kappa shape index (κ1) is 15.3. The highest BCUT2D eigenvalue weighted by Gasteiger charge is 2.26. The number of carbonyl (C=O) groups is 1. The number of halogens is 2. The van der Waals surface area contributed by atoms with E-state index >= 15 is 0 Å². The molecule has 3 nitrogen and oxygen atoms in total. The number of hydrogen-bond donors (Lipinski definition) is 1. The molecule has 0 aromatic carbocycles. The number of thiophene rings is 1. The van der Waals surface area contributed by atoms with E-state index < -0.39 is 5.60 Å². The molecule has 1 aliphatic heterocycles. The van der Waals surface area contributed by atoms with Gasteiger partial charge in [0.15, 0.2) is 5.78 Å². The molecule has 1 N–H and O–H groups in total. The molecule has 0 spiro atoms. The van der Waals surface area contributed by atoms with Crippen molar-refractivity contribution in [2.24, 2.45) is 0 Å². The third-order valence-electron chi connectivity index (χ3n) is 3.48. The Balaban J connectivity index is 1.97. The monoisotopic (exact) mass is 321 g/mol. The minimum atomic E-state index is -0.610. The van der Waals surface area contributed by atoms with Gasteiger partial charge in [-0.05, 0) is 38.8 Å². The van der Waals surface area contributed by atoms with E-state index in [4.69, 9.17) is 23.2 Å². The van der Waals surface area contributed by atoms with Gasteiger partial charge in [0.25, 0.3) is 0 Å². The van der Waals surface area contributed by atoms with Crippen LogP contribution in [0, 0.1) is 0 Å². The van der Waals surface area contributed by atoms with Crippen LogP contribution in [0.15, 0.2) is 6.07 Å². The Morgan fingerprint density at radius 2 is 2.21 bits per heavy atom. The van der Waals surface area contributed by atoms with Gasteiger partial charge in [-0.2, -0.15) is 0 Å². The van der Waals surface area contributed by atoms with Crippen molar-refractivity contribution in [2.75, 3.05) is 19.6 Å². The number of likely N-dealkylation sites (tertiary alicyclic amines) is 1. The summed E-state index contributed by atoms with van der Waals surface area (Å²) in [7, 11) is 0. The van der Waals surface area contributed by atoms with Crippen LogP contribution in [0.25, 0.3) is 0 Å². The molecule has 6 heteroatoms. The Morgan fingerprint density at radius 3 is 2.84 bits per heavy atom. The molecule has 1 fully saturated rings. The molecule has 0 aliphatic carbocycles. The number of carbonyl (C=O) groups excluding carboxylic acids is 1. The molecule has 0 amide bonds. The second kappa shape index (κ2) is 6.10. The van der Waals surface area contributed by atoms with E-state index in [0.29, 0.717) is 27.2 Å². The van der Waals surface area contributed by atoms with E-state index in [-0.39, 0.29) is 5.78 Å². The smallest absolute Gasteiger partial charge is 0.179 e. The average Bonchev–Trinajstić information content (AvgIpc) is 2.55. The van der Waals surface area contributed by atoms with Crippen molar-refractivity contribution in [3.05, 3.63) is 20.3 Å². The van der Waals surface area contributed by atoms with Gasteiger partial charge in [0.05, 0.1) is 22.0 Å². The van der Waals surface area contributed by atoms with Crippen molar-refractivity contribution < 1.29 is 9.90 Å². The zero-order valence-corrected chi connectivity index (χ0v) is 13.1. The van der Waals surface area contributed by atoms with Gasteiger partial charge in [0, 0.05) is 6.54 Å². The van der Waals surface area contributed by atoms with E-state index in [1.165, 1.54) is 11.3 Å². The molecule has 106 valence electrons. The SMILES string of the molecule is CC1(O)CCCN(CC(=O)c2cc(Cl)sc2Cl)CC1. The van der Waals surface area contributed by atoms with Crippen LogP contribution in [0.1, 0.15) is 36.5 Å². The molecular weight excluding hydrogens is 305 g/mol. The summed E-state index contributed by atoms with van der Waals surface area (Å²) in [5, 5.41) is 10.0. The van der Waals surface area contributed by atoms with Gasteiger partial charge >= 0.3 is 0 Å². The highest BCUT2D eigenvalue weighted by atomic mass is 35.5. The van der Waals surface area contributed by atoms with Crippen LogP contribution >= 0.6 is 34.5 Å². The standard InChI is InChI=1S/C13H17Cl2NO2S/c1-13(18)3-2-5-16(6-4-13)8-10(17)9-7-11(14)19-12(9)15/h7,18H,2-6,8H2,1H3. The quantitative estimate of drug-likeness (QED) is 0.866. The highest BCUT2D eigenvalue weighted by Crippen LogP contribution is 2.31. The first-order chi connectivity index (χ1) is 8.87. The number of nitrogens with zero attached hydrogens (tertiary/aromatic N) is 1. The van der Waals surface area contributed by atoms with E-state index in [1.807, 2.05) is 6.92 Å². The van der Waals surface area contributed by atoms with Crippen molar-refractivity contribution in [3.8, 4) is 0 Å². The van der Waals surface area contributed by atoms with E-state index in [0.717, 1.165) is 25.9 Å². The van der Waals surface area contributed by atoms with Crippen LogP contribution in [0.2, 0.25) is 8.67 Å². The molecule has 1 atom stereocenters. The van der Waals surface area contributed by atoms with Gasteiger partial charge < -0.3 is 5.11 Å². The number of hydrogen-bond acceptors (Lipinski definition) is 4. The summed E-state index contributed by atoms with van der Waals surface area (Å²) in [5.41, 5.74) is -0.103. The summed E-state index contributed by atoms with van der Waals surface area (Å²) >= 11 is 13.1. The molecule has 1 aromatic heterocycles. The normalized spacial score (nSPS) is 25.3. The van der Waals surface area contributed by atoms with Crippen molar-refractivity contribution in [3.63, 3.8) is 0 Å². The number of aliphatic hydroxyl groups is 1. The van der Waals surface area contributed by atoms with Crippen LogP contribution in [0.4, 0.5) is 0 Å². The molecule has 2 heterocycles. The lowest BCUT2D eigenvalue weighted by Crippen LogP contribution is -2.32. The molecular formula is C13H17Cl2NO2S. The first-order valence-electron chi connectivity index (χ1n) is 6.30. The largest absolute Gasteiger partial charge is 0.390 e. The Hall–Kier alpha value is -0.130. The lowest BCUT2D eigenvalue weighted by Gasteiger charge is -2.21. The third-order valence-corrected chi connectivity index (χ3v) is 4.97. The summed E-state index contributed by atoms with van der Waals surface area (Å²) in [6, 6.07) is 1.63. The maximum absolute atomic E-state index is 12.2. The predicted molar refractivity (Wildman–Crippen MR) is 79.6 cm³/mol. The molecule has 1 saturated heterocycles. The maximum atomic E-state index is 12.2. The van der Waals surface area contributed by atoms with Gasteiger partial charge in [-0.15, -0.1) is 11.3 Å². The zero-order valence-electron chi connectivity index (χ0n) is 10.8. The molecule has 19 heavy (non-hydrogen) atoms. The van der Waals surface area contributed by atoms with E-state index in [9.17, 15) is 9.90 Å². The first-order valence-corrected chi connectivity index (χ1v) is 7.87. The van der Waals surface area contributed by atoms with Crippen molar-refractivity contribution >= 4 is 40.3 Å². The molecule has 1 aromatic rings. The van der Waals surface area contributed by atoms with Gasteiger partial charge in [-0.3, -0.25) is 9.69 Å². The highest BCUT2D eigenvalue weighted by molar-refractivity contribution is 7.20. The fraction of sp³-hybridized carbons (Fsp3) is 0.615. The predicted octanol–water partition coefficient (Wildman–Crippen LogP) is 3.47. The summed E-state index contributed by atoms with van der Waals surface area (Å²) < 4.78 is 0.990. The molecule has 0 bridgehead atoms. The fourth-order valence-corrected chi connectivity index (χ4v) is 3.80. The maximum Gasteiger partial charge on any atom is 0.179 e. The Labute approximate surface area is 127 Å². The molecule has 0 saturated carbocycles. The van der Waals surface area contributed by atoms with Crippen LogP contribution < -0.4 is 0 Å². The van der Waals surface area contributed by atoms with E-state index in [1.54, 1.807) is 6.07 Å². The average molecular weight is 322 g/mol. The number of ketones is 1.